The highest BCUT2D eigenvalue weighted by molar-refractivity contribution is 9.09. The van der Waals surface area contributed by atoms with E-state index >= 15 is 0 Å². The molecule has 0 bridgehead atoms. The fraction of sp³-hybridized carbons (Fsp3) is 1.00. The van der Waals surface area contributed by atoms with Gasteiger partial charge in [-0.05, 0) is 36.3 Å². The van der Waals surface area contributed by atoms with E-state index in [1.54, 1.807) is 0 Å². The number of hydrogen-bond acceptors (Lipinski definition) is 2. The third-order valence-corrected chi connectivity index (χ3v) is 17.0. The second kappa shape index (κ2) is 8.34. The highest BCUT2D eigenvalue weighted by atomic mass is 79.9. The van der Waals surface area contributed by atoms with Gasteiger partial charge in [-0.25, -0.2) is 0 Å². The summed E-state index contributed by atoms with van der Waals surface area (Å²) in [5, 5.41) is 2.23. The molecule has 0 aliphatic heterocycles. The van der Waals surface area contributed by atoms with E-state index in [2.05, 4.69) is 99.6 Å². The van der Waals surface area contributed by atoms with Crippen LogP contribution in [0, 0.1) is 5.41 Å². The van der Waals surface area contributed by atoms with E-state index in [0.717, 1.165) is 23.9 Å². The van der Waals surface area contributed by atoms with Crippen LogP contribution in [-0.2, 0) is 8.85 Å². The molecule has 0 heterocycles. The van der Waals surface area contributed by atoms with Crippen molar-refractivity contribution < 1.29 is 8.85 Å². The van der Waals surface area contributed by atoms with Crippen molar-refractivity contribution in [2.24, 2.45) is 5.41 Å². The van der Waals surface area contributed by atoms with Crippen LogP contribution in [0.15, 0.2) is 0 Å². The third kappa shape index (κ3) is 6.85. The Morgan fingerprint density at radius 3 is 1.09 bits per heavy atom. The van der Waals surface area contributed by atoms with Crippen molar-refractivity contribution in [3.8, 4) is 0 Å². The Morgan fingerprint density at radius 2 is 0.913 bits per heavy atom. The molecular weight excluding hydrogens is 452 g/mol. The summed E-state index contributed by atoms with van der Waals surface area (Å²) in [6.45, 7) is 24.5. The van der Waals surface area contributed by atoms with E-state index in [1.165, 1.54) is 0 Å². The lowest BCUT2D eigenvalue weighted by Gasteiger charge is -2.43. The van der Waals surface area contributed by atoms with Crippen LogP contribution in [0.4, 0.5) is 0 Å². The van der Waals surface area contributed by atoms with Crippen LogP contribution >= 0.6 is 31.9 Å². The van der Waals surface area contributed by atoms with Crippen molar-refractivity contribution in [1.82, 2.24) is 0 Å². The first-order valence-electron chi connectivity index (χ1n) is 8.43. The summed E-state index contributed by atoms with van der Waals surface area (Å²) in [6, 6.07) is 0. The second-order valence-electron chi connectivity index (χ2n) is 9.87. The summed E-state index contributed by atoms with van der Waals surface area (Å²) in [5.74, 6) is 0. The van der Waals surface area contributed by atoms with Crippen LogP contribution in [0.1, 0.15) is 41.5 Å². The molecule has 0 spiro atoms. The molecule has 0 aliphatic rings. The Morgan fingerprint density at radius 1 is 0.652 bits per heavy atom. The van der Waals surface area contributed by atoms with Crippen LogP contribution in [0.3, 0.4) is 0 Å². The van der Waals surface area contributed by atoms with Crippen molar-refractivity contribution in [2.45, 2.75) is 77.8 Å². The van der Waals surface area contributed by atoms with E-state index in [0.29, 0.717) is 0 Å². The summed E-state index contributed by atoms with van der Waals surface area (Å²) in [7, 11) is -3.49. The molecule has 0 N–H and O–H groups in total. The minimum Gasteiger partial charge on any atom is -0.416 e. The van der Waals surface area contributed by atoms with Gasteiger partial charge in [0.25, 0.3) is 0 Å². The summed E-state index contributed by atoms with van der Waals surface area (Å²) in [6.07, 6.45) is 0. The number of hydrogen-bond donors (Lipinski definition) is 0. The smallest absolute Gasteiger partial charge is 0.192 e. The fourth-order valence-electron chi connectivity index (χ4n) is 1.33. The standard InChI is InChI=1S/C17H38Br2O2Si2/c1-15(2,3)22(7,8)20-13-17(11-18,12-19)14-21-23(9,10)16(4,5)6/h11-14H2,1-10H3. The predicted molar refractivity (Wildman–Crippen MR) is 116 cm³/mol. The van der Waals surface area contributed by atoms with Crippen LogP contribution in [0.5, 0.6) is 0 Å². The van der Waals surface area contributed by atoms with E-state index in [4.69, 9.17) is 8.85 Å². The largest absolute Gasteiger partial charge is 0.416 e. The van der Waals surface area contributed by atoms with Gasteiger partial charge in [0.05, 0.1) is 0 Å². The van der Waals surface area contributed by atoms with Gasteiger partial charge in [0, 0.05) is 29.3 Å². The molecule has 23 heavy (non-hydrogen) atoms. The minimum atomic E-state index is -1.74. The molecule has 0 atom stereocenters. The first-order valence-corrected chi connectivity index (χ1v) is 16.5. The van der Waals surface area contributed by atoms with Crippen LogP contribution < -0.4 is 0 Å². The third-order valence-electron chi connectivity index (χ3n) is 5.66. The lowest BCUT2D eigenvalue weighted by Crippen LogP contribution is -2.49. The van der Waals surface area contributed by atoms with Crippen molar-refractivity contribution in [1.29, 1.82) is 0 Å². The van der Waals surface area contributed by atoms with E-state index in [1.807, 2.05) is 0 Å². The minimum absolute atomic E-state index is 0.00889. The van der Waals surface area contributed by atoms with Crippen molar-refractivity contribution in [3.05, 3.63) is 0 Å². The van der Waals surface area contributed by atoms with Gasteiger partial charge < -0.3 is 8.85 Å². The Bertz CT molecular complexity index is 336. The Labute approximate surface area is 164 Å². The number of rotatable bonds is 8. The van der Waals surface area contributed by atoms with Gasteiger partial charge in [0.2, 0.25) is 0 Å². The second-order valence-corrected chi connectivity index (χ2v) is 20.6. The fourth-order valence-corrected chi connectivity index (χ4v) is 5.11. The molecule has 0 unspecified atom stereocenters. The van der Waals surface area contributed by atoms with Crippen molar-refractivity contribution in [3.63, 3.8) is 0 Å². The summed E-state index contributed by atoms with van der Waals surface area (Å²) >= 11 is 7.42. The maximum atomic E-state index is 6.51. The molecule has 0 amide bonds. The summed E-state index contributed by atoms with van der Waals surface area (Å²) in [5.41, 5.74) is -0.00889. The molecule has 0 rings (SSSR count). The number of alkyl halides is 2. The highest BCUT2D eigenvalue weighted by Crippen LogP contribution is 2.40. The molecule has 6 heteroatoms. The molecule has 0 aliphatic carbocycles. The average molecular weight is 490 g/mol. The van der Waals surface area contributed by atoms with E-state index in [-0.39, 0.29) is 15.5 Å². The van der Waals surface area contributed by atoms with Gasteiger partial charge in [-0.15, -0.1) is 0 Å². The van der Waals surface area contributed by atoms with Crippen molar-refractivity contribution >= 4 is 48.5 Å². The first kappa shape index (κ1) is 24.3. The molecule has 0 fully saturated rings. The van der Waals surface area contributed by atoms with Gasteiger partial charge in [0.1, 0.15) is 0 Å². The molecule has 0 radical (unpaired) electrons. The molecule has 0 saturated carbocycles. The van der Waals surface area contributed by atoms with Gasteiger partial charge >= 0.3 is 0 Å². The number of halogens is 2. The Kier molecular flexibility index (Phi) is 8.81. The Balaban J connectivity index is 5.03. The normalized spacial score (nSPS) is 15.1. The first-order chi connectivity index (χ1) is 10.0. The van der Waals surface area contributed by atoms with Crippen molar-refractivity contribution in [2.75, 3.05) is 23.9 Å². The lowest BCUT2D eigenvalue weighted by atomic mass is 9.96. The predicted octanol–water partition coefficient (Wildman–Crippen LogP) is 6.81. The highest BCUT2D eigenvalue weighted by Gasteiger charge is 2.42. The van der Waals surface area contributed by atoms with Gasteiger partial charge in [0.15, 0.2) is 16.6 Å². The van der Waals surface area contributed by atoms with Gasteiger partial charge in [-0.3, -0.25) is 0 Å². The summed E-state index contributed by atoms with van der Waals surface area (Å²) < 4.78 is 13.0. The lowest BCUT2D eigenvalue weighted by molar-refractivity contribution is 0.104. The molecule has 0 aromatic heterocycles. The molecule has 0 aromatic carbocycles. The Hall–Kier alpha value is 1.31. The maximum Gasteiger partial charge on any atom is 0.192 e. The van der Waals surface area contributed by atoms with E-state index in [9.17, 15) is 0 Å². The summed E-state index contributed by atoms with van der Waals surface area (Å²) in [4.78, 5) is 0. The zero-order chi connectivity index (χ0) is 18.7. The molecule has 140 valence electrons. The monoisotopic (exact) mass is 488 g/mol. The quantitative estimate of drug-likeness (QED) is 0.275. The zero-order valence-corrected chi connectivity index (χ0v) is 22.1. The van der Waals surface area contributed by atoms with Crippen LogP contribution in [-0.4, -0.2) is 40.5 Å². The molecule has 2 nitrogen and oxygen atoms in total. The van der Waals surface area contributed by atoms with Crippen LogP contribution in [0.25, 0.3) is 0 Å². The average Bonchev–Trinajstić information content (AvgIpc) is 2.37. The SMILES string of the molecule is CC(C)(C)[Si](C)(C)OCC(CBr)(CBr)CO[Si](C)(C)C(C)(C)C. The van der Waals surface area contributed by atoms with Gasteiger partial charge in [-0.2, -0.15) is 0 Å². The zero-order valence-electron chi connectivity index (χ0n) is 16.9. The van der Waals surface area contributed by atoms with Crippen LogP contribution in [0.2, 0.25) is 36.3 Å². The molecule has 0 saturated heterocycles. The van der Waals surface area contributed by atoms with E-state index < -0.39 is 16.6 Å². The topological polar surface area (TPSA) is 18.5 Å². The molecule has 0 aromatic rings. The van der Waals surface area contributed by atoms with Gasteiger partial charge in [-0.1, -0.05) is 73.4 Å². The maximum absolute atomic E-state index is 6.51. The molecular formula is C17H38Br2O2Si2.